The first kappa shape index (κ1) is 19.2. The standard InChI is InChI=1S/C18H19BrN4O4/c19-15-11-14(23(25)26)12-20-17(15)21-16(10-13-4-2-1-3-5-13)18(24)22-6-8-27-9-7-22/h1-5,11-12,16H,6-10H2,(H,20,21). The Morgan fingerprint density at radius 2 is 2.04 bits per heavy atom. The lowest BCUT2D eigenvalue weighted by Crippen LogP contribution is -2.48. The zero-order valence-electron chi connectivity index (χ0n) is 14.5. The molecule has 1 aliphatic heterocycles. The molecule has 3 rings (SSSR count). The molecule has 8 nitrogen and oxygen atoms in total. The van der Waals surface area contributed by atoms with Gasteiger partial charge in [0.15, 0.2) is 0 Å². The van der Waals surface area contributed by atoms with Gasteiger partial charge in [0, 0.05) is 25.6 Å². The van der Waals surface area contributed by atoms with Gasteiger partial charge in [-0.15, -0.1) is 0 Å². The van der Waals surface area contributed by atoms with Gasteiger partial charge < -0.3 is 15.0 Å². The fourth-order valence-corrected chi connectivity index (χ4v) is 3.30. The van der Waals surface area contributed by atoms with Gasteiger partial charge in [-0.2, -0.15) is 0 Å². The summed E-state index contributed by atoms with van der Waals surface area (Å²) in [6.07, 6.45) is 1.65. The monoisotopic (exact) mass is 434 g/mol. The van der Waals surface area contributed by atoms with E-state index in [-0.39, 0.29) is 11.6 Å². The number of rotatable bonds is 6. The summed E-state index contributed by atoms with van der Waals surface area (Å²) in [7, 11) is 0. The van der Waals surface area contributed by atoms with Crippen LogP contribution >= 0.6 is 15.9 Å². The van der Waals surface area contributed by atoms with Crippen LogP contribution in [0.5, 0.6) is 0 Å². The van der Waals surface area contributed by atoms with Crippen LogP contribution in [-0.2, 0) is 16.0 Å². The Hall–Kier alpha value is -2.52. The molecular formula is C18H19BrN4O4. The first-order chi connectivity index (χ1) is 13.0. The van der Waals surface area contributed by atoms with Gasteiger partial charge in [0.05, 0.1) is 22.6 Å². The minimum Gasteiger partial charge on any atom is -0.378 e. The van der Waals surface area contributed by atoms with E-state index in [9.17, 15) is 14.9 Å². The molecular weight excluding hydrogens is 416 g/mol. The van der Waals surface area contributed by atoms with Gasteiger partial charge in [-0.05, 0) is 21.5 Å². The van der Waals surface area contributed by atoms with E-state index < -0.39 is 11.0 Å². The van der Waals surface area contributed by atoms with Crippen LogP contribution in [0, 0.1) is 10.1 Å². The number of benzene rings is 1. The van der Waals surface area contributed by atoms with Crippen molar-refractivity contribution in [3.05, 3.63) is 62.7 Å². The van der Waals surface area contributed by atoms with Crippen LogP contribution in [0.3, 0.4) is 0 Å². The van der Waals surface area contributed by atoms with E-state index in [0.717, 1.165) is 5.56 Å². The highest BCUT2D eigenvalue weighted by molar-refractivity contribution is 9.10. The smallest absolute Gasteiger partial charge is 0.288 e. The van der Waals surface area contributed by atoms with Crippen molar-refractivity contribution < 1.29 is 14.5 Å². The average Bonchev–Trinajstić information content (AvgIpc) is 2.69. The van der Waals surface area contributed by atoms with E-state index in [1.807, 2.05) is 30.3 Å². The zero-order valence-corrected chi connectivity index (χ0v) is 16.1. The van der Waals surface area contributed by atoms with Gasteiger partial charge in [-0.3, -0.25) is 14.9 Å². The van der Waals surface area contributed by atoms with Gasteiger partial charge in [0.1, 0.15) is 18.1 Å². The summed E-state index contributed by atoms with van der Waals surface area (Å²) in [6, 6.07) is 10.5. The molecule has 0 bridgehead atoms. The SMILES string of the molecule is O=C(C(Cc1ccccc1)Nc1ncc([N+](=O)[O-])cc1Br)N1CCOCC1. The number of amides is 1. The number of nitrogens with one attached hydrogen (secondary N) is 1. The third-order valence-corrected chi connectivity index (χ3v) is 4.86. The lowest BCUT2D eigenvalue weighted by molar-refractivity contribution is -0.385. The molecule has 2 heterocycles. The van der Waals surface area contributed by atoms with E-state index in [1.165, 1.54) is 12.3 Å². The first-order valence-corrected chi connectivity index (χ1v) is 9.31. The topological polar surface area (TPSA) is 97.6 Å². The molecule has 1 aromatic carbocycles. The molecule has 1 atom stereocenters. The van der Waals surface area contributed by atoms with E-state index in [1.54, 1.807) is 4.90 Å². The lowest BCUT2D eigenvalue weighted by Gasteiger charge is -2.31. The molecule has 2 aromatic rings. The third-order valence-electron chi connectivity index (χ3n) is 4.25. The molecule has 142 valence electrons. The average molecular weight is 435 g/mol. The Labute approximate surface area is 164 Å². The Morgan fingerprint density at radius 3 is 2.67 bits per heavy atom. The van der Waals surface area contributed by atoms with Crippen LogP contribution in [0.25, 0.3) is 0 Å². The van der Waals surface area contributed by atoms with Crippen molar-refractivity contribution in [2.75, 3.05) is 31.6 Å². The minimum atomic E-state index is -0.546. The number of hydrogen-bond donors (Lipinski definition) is 1. The Balaban J connectivity index is 1.82. The number of nitro groups is 1. The minimum absolute atomic E-state index is 0.0470. The fraction of sp³-hybridized carbons (Fsp3) is 0.333. The second-order valence-corrected chi connectivity index (χ2v) is 6.96. The van der Waals surface area contributed by atoms with Crippen molar-refractivity contribution in [1.82, 2.24) is 9.88 Å². The highest BCUT2D eigenvalue weighted by atomic mass is 79.9. The molecule has 0 aliphatic carbocycles. The summed E-state index contributed by atoms with van der Waals surface area (Å²) >= 11 is 3.30. The maximum atomic E-state index is 13.1. The molecule has 0 radical (unpaired) electrons. The number of anilines is 1. The molecule has 1 aromatic heterocycles. The third kappa shape index (κ3) is 5.01. The van der Waals surface area contributed by atoms with Crippen molar-refractivity contribution in [2.24, 2.45) is 0 Å². The molecule has 0 spiro atoms. The number of carbonyl (C=O) groups excluding carboxylic acids is 1. The highest BCUT2D eigenvalue weighted by Crippen LogP contribution is 2.25. The largest absolute Gasteiger partial charge is 0.378 e. The van der Waals surface area contributed by atoms with Gasteiger partial charge in [0.25, 0.3) is 5.69 Å². The van der Waals surface area contributed by atoms with Crippen molar-refractivity contribution in [1.29, 1.82) is 0 Å². The number of halogens is 1. The summed E-state index contributed by atoms with van der Waals surface area (Å²) < 4.78 is 5.76. The number of nitrogens with zero attached hydrogens (tertiary/aromatic N) is 3. The molecule has 1 aliphatic rings. The first-order valence-electron chi connectivity index (χ1n) is 8.51. The summed E-state index contributed by atoms with van der Waals surface area (Å²) in [4.78, 5) is 29.3. The Morgan fingerprint density at radius 1 is 1.33 bits per heavy atom. The van der Waals surface area contributed by atoms with E-state index in [4.69, 9.17) is 4.74 Å². The predicted molar refractivity (Wildman–Crippen MR) is 104 cm³/mol. The number of carbonyl (C=O) groups is 1. The maximum absolute atomic E-state index is 13.1. The van der Waals surface area contributed by atoms with Crippen molar-refractivity contribution >= 4 is 33.3 Å². The van der Waals surface area contributed by atoms with Crippen LogP contribution in [0.4, 0.5) is 11.5 Å². The van der Waals surface area contributed by atoms with Crippen LogP contribution in [0.2, 0.25) is 0 Å². The number of hydrogen-bond acceptors (Lipinski definition) is 6. The number of morpholine rings is 1. The Kier molecular flexibility index (Phi) is 6.36. The van der Waals surface area contributed by atoms with Crippen LogP contribution in [0.15, 0.2) is 47.1 Å². The van der Waals surface area contributed by atoms with E-state index in [0.29, 0.717) is 43.0 Å². The maximum Gasteiger partial charge on any atom is 0.288 e. The van der Waals surface area contributed by atoms with Crippen LogP contribution < -0.4 is 5.32 Å². The summed E-state index contributed by atoms with van der Waals surface area (Å²) in [6.45, 7) is 2.12. The van der Waals surface area contributed by atoms with Gasteiger partial charge in [-0.25, -0.2) is 4.98 Å². The van der Waals surface area contributed by atoms with Crippen LogP contribution in [0.1, 0.15) is 5.56 Å². The normalized spacial score (nSPS) is 15.2. The van der Waals surface area contributed by atoms with Crippen LogP contribution in [-0.4, -0.2) is 53.1 Å². The Bertz CT molecular complexity index is 812. The van der Waals surface area contributed by atoms with E-state index >= 15 is 0 Å². The quantitative estimate of drug-likeness (QED) is 0.554. The van der Waals surface area contributed by atoms with Gasteiger partial charge in [0.2, 0.25) is 5.91 Å². The molecule has 1 unspecified atom stereocenters. The zero-order chi connectivity index (χ0) is 19.2. The second kappa shape index (κ2) is 8.92. The van der Waals surface area contributed by atoms with Crippen molar-refractivity contribution in [3.8, 4) is 0 Å². The molecule has 27 heavy (non-hydrogen) atoms. The lowest BCUT2D eigenvalue weighted by atomic mass is 10.0. The summed E-state index contributed by atoms with van der Waals surface area (Å²) in [5.41, 5.74) is 0.890. The summed E-state index contributed by atoms with van der Waals surface area (Å²) in [5, 5.41) is 14.0. The van der Waals surface area contributed by atoms with E-state index in [2.05, 4.69) is 26.2 Å². The summed E-state index contributed by atoms with van der Waals surface area (Å²) in [5.74, 6) is 0.345. The fourth-order valence-electron chi connectivity index (χ4n) is 2.85. The number of ether oxygens (including phenoxy) is 1. The van der Waals surface area contributed by atoms with Gasteiger partial charge >= 0.3 is 0 Å². The molecule has 1 amide bonds. The molecule has 0 saturated carbocycles. The molecule has 1 N–H and O–H groups in total. The molecule has 9 heteroatoms. The molecule has 1 saturated heterocycles. The molecule has 1 fully saturated rings. The second-order valence-electron chi connectivity index (χ2n) is 6.11. The predicted octanol–water partition coefficient (Wildman–Crippen LogP) is 2.63. The van der Waals surface area contributed by atoms with Crippen molar-refractivity contribution in [3.63, 3.8) is 0 Å². The highest BCUT2D eigenvalue weighted by Gasteiger charge is 2.27. The van der Waals surface area contributed by atoms with Gasteiger partial charge in [-0.1, -0.05) is 30.3 Å². The number of pyridine rings is 1. The van der Waals surface area contributed by atoms with Crippen molar-refractivity contribution in [2.45, 2.75) is 12.5 Å². The number of aromatic nitrogens is 1.